The second-order valence-electron chi connectivity index (χ2n) is 5.84. The van der Waals surface area contributed by atoms with E-state index in [0.717, 1.165) is 6.07 Å². The molecular formula is C18H14ClFN4O3. The van der Waals surface area contributed by atoms with Crippen molar-refractivity contribution in [3.8, 4) is 5.69 Å². The maximum atomic E-state index is 13.4. The minimum atomic E-state index is -0.545. The van der Waals surface area contributed by atoms with Crippen LogP contribution in [0.5, 0.6) is 0 Å². The number of hydrogen-bond donors (Lipinski definition) is 2. The number of fused-ring (bicyclic) bond motifs is 4. The van der Waals surface area contributed by atoms with Crippen LogP contribution in [0.15, 0.2) is 41.2 Å². The first-order chi connectivity index (χ1) is 12.5. The average Bonchev–Trinajstić information content (AvgIpc) is 2.91. The van der Waals surface area contributed by atoms with Crippen molar-refractivity contribution in [3.05, 3.63) is 69.5 Å². The monoisotopic (exact) mass is 388 g/mol. The van der Waals surface area contributed by atoms with Crippen LogP contribution in [0.3, 0.4) is 0 Å². The molecule has 1 aliphatic rings. The maximum absolute atomic E-state index is 13.4. The van der Waals surface area contributed by atoms with Gasteiger partial charge in [0.25, 0.3) is 11.5 Å². The van der Waals surface area contributed by atoms with Gasteiger partial charge in [0, 0.05) is 24.7 Å². The van der Waals surface area contributed by atoms with Crippen molar-refractivity contribution in [1.82, 2.24) is 14.9 Å². The summed E-state index contributed by atoms with van der Waals surface area (Å²) < 4.78 is 14.6. The maximum Gasteiger partial charge on any atom is 0.266 e. The third-order valence-electron chi connectivity index (χ3n) is 4.21. The first kappa shape index (κ1) is 18.7. The summed E-state index contributed by atoms with van der Waals surface area (Å²) in [4.78, 5) is 41.7. The van der Waals surface area contributed by atoms with E-state index in [-0.39, 0.29) is 46.2 Å². The first-order valence-corrected chi connectivity index (χ1v) is 7.91. The Morgan fingerprint density at radius 3 is 2.70 bits per heavy atom. The summed E-state index contributed by atoms with van der Waals surface area (Å²) in [6.07, 6.45) is 0. The quantitative estimate of drug-likeness (QED) is 0.548. The number of rotatable bonds is 3. The predicted molar refractivity (Wildman–Crippen MR) is 99.4 cm³/mol. The summed E-state index contributed by atoms with van der Waals surface area (Å²) in [7, 11) is 0. The van der Waals surface area contributed by atoms with Gasteiger partial charge in [-0.25, -0.2) is 9.37 Å². The SMILES string of the molecule is Cl.NCCNC(=O)c1ccc2c(c1)C(=O)c1nc3cc(F)ccc3c(=O)n1-2. The number of aromatic nitrogens is 2. The molecule has 9 heteroatoms. The summed E-state index contributed by atoms with van der Waals surface area (Å²) in [5, 5.41) is 2.83. The Labute approximate surface area is 158 Å². The molecule has 0 aliphatic carbocycles. The van der Waals surface area contributed by atoms with Crippen molar-refractivity contribution in [3.63, 3.8) is 0 Å². The van der Waals surface area contributed by atoms with E-state index in [2.05, 4.69) is 10.3 Å². The number of carbonyl (C=O) groups excluding carboxylic acids is 2. The van der Waals surface area contributed by atoms with E-state index in [4.69, 9.17) is 5.73 Å². The Kier molecular flexibility index (Phi) is 4.77. The predicted octanol–water partition coefficient (Wildman–Crippen LogP) is 1.18. The second kappa shape index (κ2) is 6.90. The van der Waals surface area contributed by atoms with Gasteiger partial charge in [-0.15, -0.1) is 12.4 Å². The third-order valence-corrected chi connectivity index (χ3v) is 4.21. The largest absolute Gasteiger partial charge is 0.351 e. The zero-order valence-corrected chi connectivity index (χ0v) is 14.7. The Bertz CT molecular complexity index is 1160. The molecule has 138 valence electrons. The molecule has 0 spiro atoms. The molecule has 0 fully saturated rings. The highest BCUT2D eigenvalue weighted by atomic mass is 35.5. The lowest BCUT2D eigenvalue weighted by atomic mass is 10.1. The van der Waals surface area contributed by atoms with Gasteiger partial charge in [-0.1, -0.05) is 0 Å². The van der Waals surface area contributed by atoms with Crippen molar-refractivity contribution in [2.24, 2.45) is 5.73 Å². The van der Waals surface area contributed by atoms with E-state index < -0.39 is 17.2 Å². The Balaban J connectivity index is 0.00000210. The average molecular weight is 389 g/mol. The van der Waals surface area contributed by atoms with Gasteiger partial charge in [0.2, 0.25) is 5.78 Å². The molecule has 0 saturated heterocycles. The lowest BCUT2D eigenvalue weighted by molar-refractivity contribution is 0.0954. The standard InChI is InChI=1S/C18H13FN4O3.ClH/c19-10-2-3-11-13(8-10)22-16-15(24)12-7-9(17(25)21-6-5-20)1-4-14(12)23(16)18(11)26;/h1-4,7-8H,5-6,20H2,(H,21,25);1H. The van der Waals surface area contributed by atoms with Gasteiger partial charge in [0.15, 0.2) is 5.82 Å². The molecule has 0 bridgehead atoms. The van der Waals surface area contributed by atoms with Crippen molar-refractivity contribution in [2.75, 3.05) is 13.1 Å². The number of benzene rings is 2. The van der Waals surface area contributed by atoms with Crippen molar-refractivity contribution < 1.29 is 14.0 Å². The highest BCUT2D eigenvalue weighted by molar-refractivity contribution is 6.14. The smallest absolute Gasteiger partial charge is 0.266 e. The molecule has 0 saturated carbocycles. The Morgan fingerprint density at radius 1 is 1.19 bits per heavy atom. The summed E-state index contributed by atoms with van der Waals surface area (Å²) in [6, 6.07) is 8.08. The highest BCUT2D eigenvalue weighted by Crippen LogP contribution is 2.27. The number of halogens is 2. The molecule has 27 heavy (non-hydrogen) atoms. The summed E-state index contributed by atoms with van der Waals surface area (Å²) in [6.45, 7) is 0.603. The van der Waals surface area contributed by atoms with Crippen LogP contribution in [-0.2, 0) is 0 Å². The van der Waals surface area contributed by atoms with E-state index >= 15 is 0 Å². The molecule has 2 heterocycles. The minimum Gasteiger partial charge on any atom is -0.351 e. The molecule has 1 amide bonds. The van der Waals surface area contributed by atoms with E-state index in [9.17, 15) is 18.8 Å². The normalized spacial score (nSPS) is 11.7. The Morgan fingerprint density at radius 2 is 1.96 bits per heavy atom. The van der Waals surface area contributed by atoms with Crippen LogP contribution < -0.4 is 16.6 Å². The molecule has 1 aliphatic heterocycles. The molecule has 0 unspecified atom stereocenters. The zero-order valence-electron chi connectivity index (χ0n) is 13.9. The molecule has 0 radical (unpaired) electrons. The number of nitrogens with zero attached hydrogens (tertiary/aromatic N) is 2. The molecule has 2 aromatic carbocycles. The highest BCUT2D eigenvalue weighted by Gasteiger charge is 2.31. The van der Waals surface area contributed by atoms with E-state index in [1.54, 1.807) is 0 Å². The number of nitrogens with one attached hydrogen (secondary N) is 1. The fraction of sp³-hybridized carbons (Fsp3) is 0.111. The molecular weight excluding hydrogens is 375 g/mol. The second-order valence-corrected chi connectivity index (χ2v) is 5.84. The van der Waals surface area contributed by atoms with Crippen LogP contribution in [0.2, 0.25) is 0 Å². The van der Waals surface area contributed by atoms with Gasteiger partial charge >= 0.3 is 0 Å². The van der Waals surface area contributed by atoms with Crippen LogP contribution >= 0.6 is 12.4 Å². The molecule has 3 N–H and O–H groups in total. The number of ketones is 1. The zero-order chi connectivity index (χ0) is 18.4. The summed E-state index contributed by atoms with van der Waals surface area (Å²) in [5.74, 6) is -1.50. The molecule has 0 atom stereocenters. The van der Waals surface area contributed by atoms with Gasteiger partial charge in [0.1, 0.15) is 5.82 Å². The van der Waals surface area contributed by atoms with Gasteiger partial charge in [-0.05, 0) is 30.3 Å². The van der Waals surface area contributed by atoms with Crippen LogP contribution in [-0.4, -0.2) is 34.3 Å². The van der Waals surface area contributed by atoms with Crippen LogP contribution in [0.4, 0.5) is 4.39 Å². The van der Waals surface area contributed by atoms with Gasteiger partial charge < -0.3 is 11.1 Å². The number of nitrogens with two attached hydrogens (primary N) is 1. The lowest BCUT2D eigenvalue weighted by Gasteiger charge is -2.07. The van der Waals surface area contributed by atoms with Crippen LogP contribution in [0, 0.1) is 5.82 Å². The van der Waals surface area contributed by atoms with Gasteiger partial charge in [-0.3, -0.25) is 19.0 Å². The molecule has 4 rings (SSSR count). The van der Waals surface area contributed by atoms with Crippen molar-refractivity contribution in [1.29, 1.82) is 0 Å². The minimum absolute atomic E-state index is 0. The van der Waals surface area contributed by atoms with Crippen LogP contribution in [0.25, 0.3) is 16.6 Å². The summed E-state index contributed by atoms with van der Waals surface area (Å²) in [5.41, 5.74) is 5.84. The van der Waals surface area contributed by atoms with E-state index in [1.165, 1.54) is 34.9 Å². The molecule has 3 aromatic rings. The van der Waals surface area contributed by atoms with Gasteiger partial charge in [-0.2, -0.15) is 0 Å². The van der Waals surface area contributed by atoms with Gasteiger partial charge in [0.05, 0.1) is 22.2 Å². The third kappa shape index (κ3) is 2.88. The van der Waals surface area contributed by atoms with Crippen LogP contribution in [0.1, 0.15) is 26.5 Å². The van der Waals surface area contributed by atoms with Crippen molar-refractivity contribution >= 4 is 35.0 Å². The van der Waals surface area contributed by atoms with E-state index in [0.29, 0.717) is 18.8 Å². The Hall–Kier alpha value is -3.10. The molecule has 7 nitrogen and oxygen atoms in total. The first-order valence-electron chi connectivity index (χ1n) is 7.91. The fourth-order valence-corrected chi connectivity index (χ4v) is 3.00. The lowest BCUT2D eigenvalue weighted by Crippen LogP contribution is -2.29. The number of carbonyl (C=O) groups is 2. The van der Waals surface area contributed by atoms with Crippen molar-refractivity contribution in [2.45, 2.75) is 0 Å². The van der Waals surface area contributed by atoms with E-state index in [1.807, 2.05) is 0 Å². The number of hydrogen-bond acceptors (Lipinski definition) is 5. The number of amides is 1. The topological polar surface area (TPSA) is 107 Å². The summed E-state index contributed by atoms with van der Waals surface area (Å²) >= 11 is 0. The molecule has 1 aromatic heterocycles. The fourth-order valence-electron chi connectivity index (χ4n) is 3.00.